The second-order valence-electron chi connectivity index (χ2n) is 7.25. The molecule has 1 fully saturated rings. The van der Waals surface area contributed by atoms with E-state index in [0.717, 1.165) is 43.0 Å². The number of hydrogen-bond donors (Lipinski definition) is 0. The summed E-state index contributed by atoms with van der Waals surface area (Å²) < 4.78 is 8.92. The minimum Gasteiger partial charge on any atom is -0.383 e. The van der Waals surface area contributed by atoms with Gasteiger partial charge in [-0.2, -0.15) is 0 Å². The van der Waals surface area contributed by atoms with Gasteiger partial charge in [0.05, 0.1) is 18.7 Å². The van der Waals surface area contributed by atoms with Crippen molar-refractivity contribution >= 4 is 5.91 Å². The molecule has 1 saturated heterocycles. The van der Waals surface area contributed by atoms with Crippen LogP contribution in [0.5, 0.6) is 0 Å². The van der Waals surface area contributed by atoms with Crippen molar-refractivity contribution in [2.45, 2.75) is 31.7 Å². The van der Waals surface area contributed by atoms with Crippen molar-refractivity contribution in [1.82, 2.24) is 34.7 Å². The molecule has 0 N–H and O–H groups in total. The molecule has 9 nitrogen and oxygen atoms in total. The quantitative estimate of drug-likeness (QED) is 0.601. The highest BCUT2D eigenvalue weighted by atomic mass is 16.5. The van der Waals surface area contributed by atoms with E-state index in [1.807, 2.05) is 41.6 Å². The van der Waals surface area contributed by atoms with Crippen LogP contribution in [-0.2, 0) is 22.5 Å². The van der Waals surface area contributed by atoms with Crippen molar-refractivity contribution in [3.63, 3.8) is 0 Å². The number of rotatable bonds is 7. The zero-order chi connectivity index (χ0) is 20.1. The van der Waals surface area contributed by atoms with E-state index in [2.05, 4.69) is 25.1 Å². The molecule has 0 aliphatic carbocycles. The summed E-state index contributed by atoms with van der Waals surface area (Å²) in [6.07, 6.45) is 7.80. The van der Waals surface area contributed by atoms with Crippen LogP contribution in [0.3, 0.4) is 0 Å². The number of tetrazole rings is 1. The Morgan fingerprint density at radius 2 is 2.14 bits per heavy atom. The molecule has 0 spiro atoms. The minimum absolute atomic E-state index is 0.153. The van der Waals surface area contributed by atoms with Crippen LogP contribution in [0.4, 0.5) is 0 Å². The normalized spacial score (nSPS) is 16.9. The number of benzene rings is 1. The van der Waals surface area contributed by atoms with Crippen molar-refractivity contribution in [2.24, 2.45) is 0 Å². The SMILES string of the molecule is COCCn1ccnc1[C@H]1CCCN(C(=O)Cc2ccc(-n3cnnn3)cc2)C1. The Hall–Kier alpha value is -3.07. The van der Waals surface area contributed by atoms with Crippen LogP contribution >= 0.6 is 0 Å². The molecule has 1 aliphatic rings. The van der Waals surface area contributed by atoms with E-state index < -0.39 is 0 Å². The number of nitrogens with zero attached hydrogens (tertiary/aromatic N) is 7. The molecule has 1 aliphatic heterocycles. The summed E-state index contributed by atoms with van der Waals surface area (Å²) in [4.78, 5) is 19.4. The van der Waals surface area contributed by atoms with E-state index in [1.165, 1.54) is 0 Å². The number of methoxy groups -OCH3 is 1. The van der Waals surface area contributed by atoms with Gasteiger partial charge >= 0.3 is 0 Å². The third kappa shape index (κ3) is 4.51. The highest BCUT2D eigenvalue weighted by molar-refractivity contribution is 5.79. The molecular weight excluding hydrogens is 370 g/mol. The summed E-state index contributed by atoms with van der Waals surface area (Å²) >= 11 is 0. The van der Waals surface area contributed by atoms with Gasteiger partial charge in [-0.3, -0.25) is 4.79 Å². The van der Waals surface area contributed by atoms with Gasteiger partial charge in [0.2, 0.25) is 5.91 Å². The number of amides is 1. The fourth-order valence-electron chi connectivity index (χ4n) is 3.81. The van der Waals surface area contributed by atoms with Gasteiger partial charge < -0.3 is 14.2 Å². The number of carbonyl (C=O) groups is 1. The Morgan fingerprint density at radius 1 is 1.28 bits per heavy atom. The van der Waals surface area contributed by atoms with Crippen molar-refractivity contribution in [1.29, 1.82) is 0 Å². The Morgan fingerprint density at radius 3 is 2.90 bits per heavy atom. The number of ether oxygens (including phenoxy) is 1. The van der Waals surface area contributed by atoms with Crippen molar-refractivity contribution in [3.05, 3.63) is 54.4 Å². The molecular formula is C20H25N7O2. The Kier molecular flexibility index (Phi) is 5.95. The van der Waals surface area contributed by atoms with E-state index >= 15 is 0 Å². The molecule has 152 valence electrons. The summed E-state index contributed by atoms with van der Waals surface area (Å²) in [5, 5.41) is 11.2. The lowest BCUT2D eigenvalue weighted by atomic mass is 9.96. The molecule has 1 aromatic carbocycles. The van der Waals surface area contributed by atoms with Crippen LogP contribution < -0.4 is 0 Å². The first-order valence-electron chi connectivity index (χ1n) is 9.84. The standard InChI is InChI=1S/C20H25N7O2/c1-29-12-11-25-10-8-21-20(25)17-3-2-9-26(14-17)19(28)13-16-4-6-18(7-5-16)27-15-22-23-24-27/h4-8,10,15,17H,2-3,9,11-14H2,1H3/t17-/m0/s1. The van der Waals surface area contributed by atoms with Gasteiger partial charge in [-0.1, -0.05) is 12.1 Å². The molecule has 4 rings (SSSR count). The van der Waals surface area contributed by atoms with Crippen LogP contribution in [0.15, 0.2) is 43.0 Å². The summed E-state index contributed by atoms with van der Waals surface area (Å²) in [6.45, 7) is 2.95. The molecule has 1 amide bonds. The maximum absolute atomic E-state index is 12.9. The largest absolute Gasteiger partial charge is 0.383 e. The van der Waals surface area contributed by atoms with E-state index in [9.17, 15) is 4.79 Å². The molecule has 1 atom stereocenters. The predicted octanol–water partition coefficient (Wildman–Crippen LogP) is 1.45. The number of likely N-dealkylation sites (tertiary alicyclic amines) is 1. The van der Waals surface area contributed by atoms with Crippen molar-refractivity contribution in [3.8, 4) is 5.69 Å². The zero-order valence-corrected chi connectivity index (χ0v) is 16.5. The second kappa shape index (κ2) is 8.95. The Bertz CT molecular complexity index is 921. The maximum Gasteiger partial charge on any atom is 0.227 e. The van der Waals surface area contributed by atoms with E-state index in [1.54, 1.807) is 18.1 Å². The lowest BCUT2D eigenvalue weighted by Gasteiger charge is -2.33. The minimum atomic E-state index is 0.153. The third-order valence-electron chi connectivity index (χ3n) is 5.33. The molecule has 3 aromatic rings. The van der Waals surface area contributed by atoms with Crippen molar-refractivity contribution < 1.29 is 9.53 Å². The summed E-state index contributed by atoms with van der Waals surface area (Å²) in [6, 6.07) is 7.75. The second-order valence-corrected chi connectivity index (χ2v) is 7.25. The number of carbonyl (C=O) groups excluding carboxylic acids is 1. The van der Waals surface area contributed by atoms with Crippen LogP contribution in [0.1, 0.15) is 30.1 Å². The monoisotopic (exact) mass is 395 g/mol. The average molecular weight is 395 g/mol. The molecule has 3 heterocycles. The smallest absolute Gasteiger partial charge is 0.227 e. The first kappa shape index (κ1) is 19.3. The predicted molar refractivity (Wildman–Crippen MR) is 106 cm³/mol. The van der Waals surface area contributed by atoms with E-state index in [4.69, 9.17) is 4.74 Å². The molecule has 0 bridgehead atoms. The lowest BCUT2D eigenvalue weighted by molar-refractivity contribution is -0.131. The summed E-state index contributed by atoms with van der Waals surface area (Å²) in [5.74, 6) is 1.46. The first-order chi connectivity index (χ1) is 14.2. The van der Waals surface area contributed by atoms with Crippen molar-refractivity contribution in [2.75, 3.05) is 26.8 Å². The number of imidazole rings is 1. The number of piperidine rings is 1. The molecule has 0 saturated carbocycles. The van der Waals surface area contributed by atoms with Gasteiger partial charge in [-0.05, 0) is 41.0 Å². The van der Waals surface area contributed by atoms with E-state index in [-0.39, 0.29) is 11.8 Å². The zero-order valence-electron chi connectivity index (χ0n) is 16.5. The molecule has 9 heteroatoms. The first-order valence-corrected chi connectivity index (χ1v) is 9.84. The van der Waals surface area contributed by atoms with Gasteiger partial charge in [-0.25, -0.2) is 9.67 Å². The van der Waals surface area contributed by atoms with E-state index in [0.29, 0.717) is 19.6 Å². The van der Waals surface area contributed by atoms with Gasteiger partial charge in [0, 0.05) is 45.1 Å². The Labute approximate surface area is 169 Å². The Balaban J connectivity index is 1.38. The number of aromatic nitrogens is 6. The fourth-order valence-corrected chi connectivity index (χ4v) is 3.81. The highest BCUT2D eigenvalue weighted by Crippen LogP contribution is 2.26. The van der Waals surface area contributed by atoms with Gasteiger partial charge in [0.15, 0.2) is 0 Å². The third-order valence-corrected chi connectivity index (χ3v) is 5.33. The topological polar surface area (TPSA) is 91.0 Å². The molecule has 2 aromatic heterocycles. The molecule has 0 radical (unpaired) electrons. The highest BCUT2D eigenvalue weighted by Gasteiger charge is 2.27. The van der Waals surface area contributed by atoms with Crippen LogP contribution in [0.2, 0.25) is 0 Å². The molecule has 0 unspecified atom stereocenters. The van der Waals surface area contributed by atoms with Crippen LogP contribution in [0, 0.1) is 0 Å². The average Bonchev–Trinajstić information content (AvgIpc) is 3.45. The van der Waals surface area contributed by atoms with Gasteiger partial charge in [-0.15, -0.1) is 5.10 Å². The van der Waals surface area contributed by atoms with Crippen LogP contribution in [-0.4, -0.2) is 67.4 Å². The summed E-state index contributed by atoms with van der Waals surface area (Å²) in [5.41, 5.74) is 1.85. The van der Waals surface area contributed by atoms with Gasteiger partial charge in [0.1, 0.15) is 12.2 Å². The lowest BCUT2D eigenvalue weighted by Crippen LogP contribution is -2.40. The van der Waals surface area contributed by atoms with Crippen LogP contribution in [0.25, 0.3) is 5.69 Å². The van der Waals surface area contributed by atoms with Gasteiger partial charge in [0.25, 0.3) is 0 Å². The summed E-state index contributed by atoms with van der Waals surface area (Å²) in [7, 11) is 1.70. The number of hydrogen-bond acceptors (Lipinski definition) is 6. The fraction of sp³-hybridized carbons (Fsp3) is 0.450. The maximum atomic E-state index is 12.9. The molecule has 29 heavy (non-hydrogen) atoms.